The first-order chi connectivity index (χ1) is 12.4. The Morgan fingerprint density at radius 3 is 2.65 bits per heavy atom. The summed E-state index contributed by atoms with van der Waals surface area (Å²) in [7, 11) is 0. The molecule has 1 aromatic carbocycles. The van der Waals surface area contributed by atoms with Gasteiger partial charge in [-0.25, -0.2) is 0 Å². The highest BCUT2D eigenvalue weighted by Gasteiger charge is 2.34. The Morgan fingerprint density at radius 1 is 1.12 bits per heavy atom. The van der Waals surface area contributed by atoms with Crippen molar-refractivity contribution in [2.45, 2.75) is 46.6 Å². The van der Waals surface area contributed by atoms with E-state index in [2.05, 4.69) is 29.2 Å². The van der Waals surface area contributed by atoms with Crippen LogP contribution in [0.5, 0.6) is 0 Å². The van der Waals surface area contributed by atoms with Gasteiger partial charge in [-0.3, -0.25) is 9.78 Å². The highest BCUT2D eigenvalue weighted by molar-refractivity contribution is 6.07. The van der Waals surface area contributed by atoms with Crippen LogP contribution in [-0.4, -0.2) is 27.5 Å². The molecule has 5 nitrogen and oxygen atoms in total. The Labute approximate surface area is 153 Å². The Kier molecular flexibility index (Phi) is 4.02. The number of aromatic nitrogens is 2. The van der Waals surface area contributed by atoms with Gasteiger partial charge in [-0.15, -0.1) is 0 Å². The predicted molar refractivity (Wildman–Crippen MR) is 100 cm³/mol. The first kappa shape index (κ1) is 16.8. The van der Waals surface area contributed by atoms with Crippen molar-refractivity contribution in [3.8, 4) is 0 Å². The van der Waals surface area contributed by atoms with Gasteiger partial charge in [0.25, 0.3) is 5.91 Å². The topological polar surface area (TPSA) is 59.2 Å². The fraction of sp³-hybridized carbons (Fsp3) is 0.381. The number of nitrogens with zero attached hydrogens (tertiary/aromatic N) is 3. The molecule has 26 heavy (non-hydrogen) atoms. The molecule has 4 rings (SSSR count). The summed E-state index contributed by atoms with van der Waals surface area (Å²) in [6, 6.07) is 7.97. The summed E-state index contributed by atoms with van der Waals surface area (Å²) in [5.74, 6) is 0.817. The van der Waals surface area contributed by atoms with Crippen LogP contribution in [0.25, 0.3) is 10.9 Å². The molecular weight excluding hydrogens is 326 g/mol. The van der Waals surface area contributed by atoms with Gasteiger partial charge in [0, 0.05) is 23.7 Å². The molecule has 0 aliphatic carbocycles. The molecule has 2 aromatic heterocycles. The minimum Gasteiger partial charge on any atom is -0.359 e. The molecule has 1 saturated heterocycles. The molecular formula is C21H23N3O2. The van der Waals surface area contributed by atoms with Crippen molar-refractivity contribution in [1.82, 2.24) is 15.0 Å². The van der Waals surface area contributed by atoms with Crippen LogP contribution >= 0.6 is 0 Å². The van der Waals surface area contributed by atoms with E-state index >= 15 is 0 Å². The average molecular weight is 349 g/mol. The molecule has 134 valence electrons. The molecule has 3 aromatic rings. The zero-order chi connectivity index (χ0) is 18.4. The van der Waals surface area contributed by atoms with Crippen molar-refractivity contribution in [2.24, 2.45) is 0 Å². The van der Waals surface area contributed by atoms with Crippen molar-refractivity contribution in [1.29, 1.82) is 0 Å². The molecule has 5 heteroatoms. The summed E-state index contributed by atoms with van der Waals surface area (Å²) in [5.41, 5.74) is 5.57. The zero-order valence-electron chi connectivity index (χ0n) is 15.7. The van der Waals surface area contributed by atoms with Gasteiger partial charge < -0.3 is 9.42 Å². The van der Waals surface area contributed by atoms with Gasteiger partial charge in [-0.2, -0.15) is 0 Å². The van der Waals surface area contributed by atoms with Gasteiger partial charge in [0.15, 0.2) is 5.76 Å². The molecule has 0 radical (unpaired) electrons. The van der Waals surface area contributed by atoms with E-state index in [1.165, 1.54) is 0 Å². The van der Waals surface area contributed by atoms with E-state index in [4.69, 9.17) is 4.52 Å². The molecule has 3 heterocycles. The number of amides is 1. The van der Waals surface area contributed by atoms with Gasteiger partial charge in [0.05, 0.1) is 22.8 Å². The van der Waals surface area contributed by atoms with Gasteiger partial charge in [0.1, 0.15) is 0 Å². The van der Waals surface area contributed by atoms with Crippen LogP contribution in [-0.2, 0) is 0 Å². The van der Waals surface area contributed by atoms with E-state index in [1.807, 2.05) is 37.8 Å². The molecule has 1 fully saturated rings. The second-order valence-electron chi connectivity index (χ2n) is 7.32. The average Bonchev–Trinajstić information content (AvgIpc) is 3.23. The minimum absolute atomic E-state index is 0.0434. The van der Waals surface area contributed by atoms with Crippen LogP contribution in [0, 0.1) is 27.7 Å². The standard InChI is InChI=1S/C21H23N3O2/c1-12-8-13(2)20-16(9-12)17(10-14(3)22-20)21(25)24-7-5-6-18(24)19-11-15(4)23-26-19/h8-11,18H,5-7H2,1-4H3/t18-/m0/s1. The number of likely N-dealkylation sites (tertiary alicyclic amines) is 1. The maximum absolute atomic E-state index is 13.5. The number of carbonyl (C=O) groups is 1. The molecule has 0 N–H and O–H groups in total. The van der Waals surface area contributed by atoms with Crippen molar-refractivity contribution >= 4 is 16.8 Å². The quantitative estimate of drug-likeness (QED) is 0.686. The number of hydrogen-bond acceptors (Lipinski definition) is 4. The Bertz CT molecular complexity index is 1010. The van der Waals surface area contributed by atoms with Crippen LogP contribution in [0.1, 0.15) is 57.5 Å². The third-order valence-electron chi connectivity index (χ3n) is 5.10. The monoisotopic (exact) mass is 349 g/mol. The zero-order valence-corrected chi connectivity index (χ0v) is 15.7. The van der Waals surface area contributed by atoms with E-state index < -0.39 is 0 Å². The van der Waals surface area contributed by atoms with E-state index in [0.29, 0.717) is 0 Å². The van der Waals surface area contributed by atoms with Crippen molar-refractivity contribution < 1.29 is 9.32 Å². The number of aryl methyl sites for hydroxylation is 4. The van der Waals surface area contributed by atoms with E-state index in [1.54, 1.807) is 0 Å². The maximum Gasteiger partial charge on any atom is 0.255 e. The number of fused-ring (bicyclic) bond motifs is 1. The third-order valence-corrected chi connectivity index (χ3v) is 5.10. The molecule has 0 spiro atoms. The molecule has 0 saturated carbocycles. The van der Waals surface area contributed by atoms with Gasteiger partial charge in [0.2, 0.25) is 0 Å². The highest BCUT2D eigenvalue weighted by Crippen LogP contribution is 2.35. The number of hydrogen-bond donors (Lipinski definition) is 0. The molecule has 1 aliphatic rings. The minimum atomic E-state index is -0.0434. The highest BCUT2D eigenvalue weighted by atomic mass is 16.5. The number of rotatable bonds is 2. The van der Waals surface area contributed by atoms with E-state index in [-0.39, 0.29) is 11.9 Å². The third kappa shape index (κ3) is 2.77. The normalized spacial score (nSPS) is 17.2. The summed E-state index contributed by atoms with van der Waals surface area (Å²) in [5, 5.41) is 4.92. The van der Waals surface area contributed by atoms with Crippen LogP contribution in [0.4, 0.5) is 0 Å². The second kappa shape index (κ2) is 6.24. The summed E-state index contributed by atoms with van der Waals surface area (Å²) in [6.45, 7) is 8.68. The van der Waals surface area contributed by atoms with Crippen molar-refractivity contribution in [2.75, 3.05) is 6.54 Å². The predicted octanol–water partition coefficient (Wildman–Crippen LogP) is 4.43. The second-order valence-corrected chi connectivity index (χ2v) is 7.32. The summed E-state index contributed by atoms with van der Waals surface area (Å²) < 4.78 is 5.46. The van der Waals surface area contributed by atoms with E-state index in [9.17, 15) is 4.79 Å². The molecule has 0 unspecified atom stereocenters. The van der Waals surface area contributed by atoms with Crippen molar-refractivity contribution in [3.63, 3.8) is 0 Å². The van der Waals surface area contributed by atoms with E-state index in [0.717, 1.165) is 64.1 Å². The fourth-order valence-corrected chi connectivity index (χ4v) is 3.99. The summed E-state index contributed by atoms with van der Waals surface area (Å²) in [4.78, 5) is 20.1. The molecule has 1 atom stereocenters. The fourth-order valence-electron chi connectivity index (χ4n) is 3.99. The van der Waals surface area contributed by atoms with Gasteiger partial charge in [-0.1, -0.05) is 16.8 Å². The number of carbonyl (C=O) groups excluding carboxylic acids is 1. The lowest BCUT2D eigenvalue weighted by atomic mass is 10.0. The SMILES string of the molecule is Cc1cc(C)c2nc(C)cc(C(=O)N3CCC[C@H]3c3cc(C)no3)c2c1. The number of pyridine rings is 1. The smallest absolute Gasteiger partial charge is 0.255 e. The summed E-state index contributed by atoms with van der Waals surface area (Å²) >= 11 is 0. The molecule has 1 aliphatic heterocycles. The Hall–Kier alpha value is -2.69. The largest absolute Gasteiger partial charge is 0.359 e. The lowest BCUT2D eigenvalue weighted by molar-refractivity contribution is 0.0716. The van der Waals surface area contributed by atoms with Crippen LogP contribution in [0.15, 0.2) is 28.8 Å². The van der Waals surface area contributed by atoms with Crippen LogP contribution in [0.2, 0.25) is 0 Å². The van der Waals surface area contributed by atoms with Gasteiger partial charge in [-0.05, 0) is 58.2 Å². The Morgan fingerprint density at radius 2 is 1.92 bits per heavy atom. The number of benzene rings is 1. The lowest BCUT2D eigenvalue weighted by Crippen LogP contribution is -2.30. The maximum atomic E-state index is 13.5. The first-order valence-corrected chi connectivity index (χ1v) is 9.07. The summed E-state index contributed by atoms with van der Waals surface area (Å²) in [6.07, 6.45) is 1.87. The lowest BCUT2D eigenvalue weighted by Gasteiger charge is -2.24. The first-order valence-electron chi connectivity index (χ1n) is 9.07. The van der Waals surface area contributed by atoms with Crippen LogP contribution in [0.3, 0.4) is 0 Å². The molecule has 1 amide bonds. The Balaban J connectivity index is 1.81. The van der Waals surface area contributed by atoms with Crippen molar-refractivity contribution in [3.05, 3.63) is 58.1 Å². The molecule has 0 bridgehead atoms. The van der Waals surface area contributed by atoms with Crippen LogP contribution < -0.4 is 0 Å². The van der Waals surface area contributed by atoms with Gasteiger partial charge >= 0.3 is 0 Å².